The average Bonchev–Trinajstić information content (AvgIpc) is 3.33. The van der Waals surface area contributed by atoms with E-state index in [0.29, 0.717) is 36.1 Å². The van der Waals surface area contributed by atoms with Crippen molar-refractivity contribution in [3.8, 4) is 17.5 Å². The number of aryl methyl sites for hydroxylation is 1. The summed E-state index contributed by atoms with van der Waals surface area (Å²) < 4.78 is 13.7. The van der Waals surface area contributed by atoms with Gasteiger partial charge in [0, 0.05) is 30.3 Å². The highest BCUT2D eigenvalue weighted by Gasteiger charge is 2.43. The van der Waals surface area contributed by atoms with Gasteiger partial charge in [-0.15, -0.1) is 0 Å². The molecule has 5 rings (SSSR count). The monoisotopic (exact) mass is 441 g/mol. The molecule has 0 fully saturated rings. The highest BCUT2D eigenvalue weighted by molar-refractivity contribution is 5.99. The van der Waals surface area contributed by atoms with Crippen LogP contribution < -0.4 is 4.74 Å². The first-order valence-electron chi connectivity index (χ1n) is 10.6. The van der Waals surface area contributed by atoms with Gasteiger partial charge in [0.15, 0.2) is 5.84 Å². The standard InChI is InChI=1S/C25H23N5O3/c1-17-15-29(16-27-17)21-9-6-19(12-23(21)31-3)22-13-24-28-33-25(2,30(24)10-11-32-22)20-7-4-18(14-26)5-8-20/h4-9,12-13,15-16H,10-11H2,1-3H3. The largest absolute Gasteiger partial charge is 0.495 e. The number of rotatable bonds is 4. The van der Waals surface area contributed by atoms with E-state index in [0.717, 1.165) is 22.5 Å². The smallest absolute Gasteiger partial charge is 0.234 e. The third kappa shape index (κ3) is 3.57. The maximum absolute atomic E-state index is 9.09. The van der Waals surface area contributed by atoms with Crippen molar-refractivity contribution in [1.82, 2.24) is 14.5 Å². The third-order valence-electron chi connectivity index (χ3n) is 5.94. The summed E-state index contributed by atoms with van der Waals surface area (Å²) in [6.07, 6.45) is 5.60. The van der Waals surface area contributed by atoms with Crippen molar-refractivity contribution in [1.29, 1.82) is 5.26 Å². The van der Waals surface area contributed by atoms with Crippen LogP contribution in [0.1, 0.15) is 29.3 Å². The predicted molar refractivity (Wildman–Crippen MR) is 123 cm³/mol. The van der Waals surface area contributed by atoms with Crippen molar-refractivity contribution in [2.45, 2.75) is 19.6 Å². The molecule has 2 aliphatic heterocycles. The zero-order chi connectivity index (χ0) is 23.0. The molecule has 8 heteroatoms. The number of aromatic nitrogens is 2. The maximum atomic E-state index is 9.09. The number of ether oxygens (including phenoxy) is 2. The Morgan fingerprint density at radius 3 is 2.70 bits per heavy atom. The van der Waals surface area contributed by atoms with Gasteiger partial charge in [0.25, 0.3) is 0 Å². The van der Waals surface area contributed by atoms with Gasteiger partial charge in [0.2, 0.25) is 5.72 Å². The van der Waals surface area contributed by atoms with Crippen LogP contribution in [0.5, 0.6) is 5.75 Å². The Kier molecular flexibility index (Phi) is 5.02. The molecule has 1 aromatic heterocycles. The first-order chi connectivity index (χ1) is 16.0. The molecule has 0 aliphatic carbocycles. The van der Waals surface area contributed by atoms with Crippen LogP contribution >= 0.6 is 0 Å². The van der Waals surface area contributed by atoms with Crippen molar-refractivity contribution in [2.24, 2.45) is 5.16 Å². The summed E-state index contributed by atoms with van der Waals surface area (Å²) in [5.41, 5.74) is 3.45. The normalized spacial score (nSPS) is 19.4. The van der Waals surface area contributed by atoms with E-state index in [4.69, 9.17) is 19.6 Å². The number of nitriles is 1. The molecule has 2 aliphatic rings. The van der Waals surface area contributed by atoms with Gasteiger partial charge in [-0.1, -0.05) is 17.3 Å². The summed E-state index contributed by atoms with van der Waals surface area (Å²) >= 11 is 0. The van der Waals surface area contributed by atoms with Crippen LogP contribution in [0.2, 0.25) is 0 Å². The fourth-order valence-corrected chi connectivity index (χ4v) is 4.12. The molecule has 0 bridgehead atoms. The number of nitrogens with zero attached hydrogens (tertiary/aromatic N) is 5. The highest BCUT2D eigenvalue weighted by Crippen LogP contribution is 2.37. The third-order valence-corrected chi connectivity index (χ3v) is 5.94. The Bertz CT molecular complexity index is 1300. The second kappa shape index (κ2) is 8.02. The number of methoxy groups -OCH3 is 1. The molecule has 0 amide bonds. The molecule has 1 atom stereocenters. The van der Waals surface area contributed by atoms with Gasteiger partial charge in [0.1, 0.15) is 18.1 Å². The Hall–Kier alpha value is -4.25. The number of hydrogen-bond donors (Lipinski definition) is 0. The number of imidazole rings is 1. The zero-order valence-electron chi connectivity index (χ0n) is 18.6. The molecule has 3 aromatic rings. The highest BCUT2D eigenvalue weighted by atomic mass is 16.7. The Labute approximate surface area is 191 Å². The van der Waals surface area contributed by atoms with Gasteiger partial charge in [-0.25, -0.2) is 4.98 Å². The minimum absolute atomic E-state index is 0.463. The number of hydrogen-bond acceptors (Lipinski definition) is 7. The summed E-state index contributed by atoms with van der Waals surface area (Å²) in [4.78, 5) is 12.3. The first kappa shape index (κ1) is 20.6. The van der Waals surface area contributed by atoms with E-state index in [-0.39, 0.29) is 0 Å². The van der Waals surface area contributed by atoms with E-state index in [2.05, 4.69) is 21.1 Å². The van der Waals surface area contributed by atoms with Crippen LogP contribution in [0.25, 0.3) is 11.4 Å². The number of benzene rings is 2. The number of fused-ring (bicyclic) bond motifs is 1. The second-order valence-electron chi connectivity index (χ2n) is 8.03. The molecular weight excluding hydrogens is 418 g/mol. The lowest BCUT2D eigenvalue weighted by atomic mass is 10.0. The molecule has 0 saturated heterocycles. The number of amidine groups is 1. The summed E-state index contributed by atoms with van der Waals surface area (Å²) in [5.74, 6) is 2.08. The van der Waals surface area contributed by atoms with E-state index in [9.17, 15) is 0 Å². The molecule has 166 valence electrons. The molecule has 8 nitrogen and oxygen atoms in total. The van der Waals surface area contributed by atoms with Gasteiger partial charge >= 0.3 is 0 Å². The van der Waals surface area contributed by atoms with Gasteiger partial charge < -0.3 is 23.8 Å². The second-order valence-corrected chi connectivity index (χ2v) is 8.03. The SMILES string of the molecule is COc1cc(C2=CC3=NOC(C)(c4ccc(C#N)cc4)N3CCO2)ccc1-n1cnc(C)c1. The minimum atomic E-state index is -0.778. The van der Waals surface area contributed by atoms with Gasteiger partial charge in [-0.2, -0.15) is 5.26 Å². The first-order valence-corrected chi connectivity index (χ1v) is 10.6. The minimum Gasteiger partial charge on any atom is -0.495 e. The van der Waals surface area contributed by atoms with Gasteiger partial charge in [0.05, 0.1) is 43.0 Å². The molecule has 0 spiro atoms. The van der Waals surface area contributed by atoms with Crippen LogP contribution in [0.4, 0.5) is 0 Å². The van der Waals surface area contributed by atoms with Crippen molar-refractivity contribution < 1.29 is 14.3 Å². The summed E-state index contributed by atoms with van der Waals surface area (Å²) in [5, 5.41) is 13.4. The topological polar surface area (TPSA) is 84.9 Å². The van der Waals surface area contributed by atoms with Gasteiger partial charge in [-0.3, -0.25) is 0 Å². The molecule has 0 radical (unpaired) electrons. The Balaban J connectivity index is 1.46. The molecule has 1 unspecified atom stereocenters. The summed E-state index contributed by atoms with van der Waals surface area (Å²) in [7, 11) is 1.65. The fraction of sp³-hybridized carbons (Fsp3) is 0.240. The van der Waals surface area contributed by atoms with E-state index < -0.39 is 5.72 Å². The van der Waals surface area contributed by atoms with Crippen molar-refractivity contribution in [3.63, 3.8) is 0 Å². The van der Waals surface area contributed by atoms with Crippen LogP contribution in [0.3, 0.4) is 0 Å². The lowest BCUT2D eigenvalue weighted by Crippen LogP contribution is -2.44. The molecule has 0 saturated carbocycles. The lowest BCUT2D eigenvalue weighted by Gasteiger charge is -2.33. The van der Waals surface area contributed by atoms with Crippen LogP contribution in [0.15, 0.2) is 66.2 Å². The lowest BCUT2D eigenvalue weighted by molar-refractivity contribution is -0.0927. The molecular formula is C25H23N5O3. The number of oxime groups is 1. The average molecular weight is 441 g/mol. The summed E-state index contributed by atoms with van der Waals surface area (Å²) in [6.45, 7) is 4.97. The van der Waals surface area contributed by atoms with Crippen molar-refractivity contribution in [2.75, 3.05) is 20.3 Å². The zero-order valence-corrected chi connectivity index (χ0v) is 18.6. The van der Waals surface area contributed by atoms with E-state index in [1.54, 1.807) is 25.6 Å². The van der Waals surface area contributed by atoms with Crippen LogP contribution in [-0.4, -0.2) is 40.5 Å². The van der Waals surface area contributed by atoms with Crippen molar-refractivity contribution >= 4 is 11.6 Å². The fourth-order valence-electron chi connectivity index (χ4n) is 4.12. The van der Waals surface area contributed by atoms with E-state index >= 15 is 0 Å². The molecule has 0 N–H and O–H groups in total. The Morgan fingerprint density at radius 2 is 2.00 bits per heavy atom. The quantitative estimate of drug-likeness (QED) is 0.610. The van der Waals surface area contributed by atoms with Crippen molar-refractivity contribution in [3.05, 3.63) is 83.4 Å². The van der Waals surface area contributed by atoms with Crippen LogP contribution in [-0.2, 0) is 15.3 Å². The Morgan fingerprint density at radius 1 is 1.18 bits per heavy atom. The van der Waals surface area contributed by atoms with E-state index in [1.165, 1.54) is 0 Å². The van der Waals surface area contributed by atoms with Gasteiger partial charge in [-0.05, 0) is 37.3 Å². The molecule has 33 heavy (non-hydrogen) atoms. The predicted octanol–water partition coefficient (Wildman–Crippen LogP) is 3.95. The molecule has 2 aromatic carbocycles. The molecule has 3 heterocycles. The van der Waals surface area contributed by atoms with Crippen LogP contribution in [0, 0.1) is 18.3 Å². The maximum Gasteiger partial charge on any atom is 0.234 e. The summed E-state index contributed by atoms with van der Waals surface area (Å²) in [6, 6.07) is 15.4. The van der Waals surface area contributed by atoms with E-state index in [1.807, 2.05) is 61.0 Å².